The summed E-state index contributed by atoms with van der Waals surface area (Å²) in [4.78, 5) is 0. The molecule has 1 aliphatic rings. The topological polar surface area (TPSA) is 21.3 Å². The molecular weight excluding hydrogens is 234 g/mol. The Morgan fingerprint density at radius 3 is 2.89 bits per heavy atom. The van der Waals surface area contributed by atoms with Crippen LogP contribution in [-0.2, 0) is 11.2 Å². The maximum Gasteiger partial charge on any atom is 0.0769 e. The number of hydrogen-bond acceptors (Lipinski definition) is 2. The summed E-state index contributed by atoms with van der Waals surface area (Å²) in [5, 5.41) is 3.68. The van der Waals surface area contributed by atoms with Crippen molar-refractivity contribution >= 4 is 0 Å². The van der Waals surface area contributed by atoms with E-state index in [1.807, 2.05) is 0 Å². The largest absolute Gasteiger partial charge is 0.376 e. The van der Waals surface area contributed by atoms with Gasteiger partial charge in [-0.25, -0.2) is 0 Å². The summed E-state index contributed by atoms with van der Waals surface area (Å²) >= 11 is 0. The number of rotatable bonds is 6. The van der Waals surface area contributed by atoms with Gasteiger partial charge in [-0.05, 0) is 49.8 Å². The van der Waals surface area contributed by atoms with Crippen LogP contribution in [0.3, 0.4) is 0 Å². The first kappa shape index (κ1) is 14.5. The molecule has 106 valence electrons. The van der Waals surface area contributed by atoms with E-state index in [9.17, 15) is 0 Å². The lowest BCUT2D eigenvalue weighted by Gasteiger charge is -2.32. The van der Waals surface area contributed by atoms with Crippen molar-refractivity contribution < 1.29 is 4.74 Å². The molecule has 1 aliphatic heterocycles. The number of hydrogen-bond donors (Lipinski definition) is 1. The van der Waals surface area contributed by atoms with Crippen LogP contribution in [0, 0.1) is 0 Å². The number of ether oxygens (including phenoxy) is 1. The maximum atomic E-state index is 6.00. The van der Waals surface area contributed by atoms with Crippen LogP contribution in [0.15, 0.2) is 24.3 Å². The van der Waals surface area contributed by atoms with E-state index in [1.165, 1.54) is 30.4 Å². The summed E-state index contributed by atoms with van der Waals surface area (Å²) in [6.45, 7) is 6.41. The molecular formula is C17H27NO. The highest BCUT2D eigenvalue weighted by molar-refractivity contribution is 5.27. The van der Waals surface area contributed by atoms with Gasteiger partial charge in [-0.15, -0.1) is 0 Å². The second kappa shape index (κ2) is 7.66. The van der Waals surface area contributed by atoms with Crippen LogP contribution in [0.5, 0.6) is 0 Å². The molecule has 1 N–H and O–H groups in total. The minimum atomic E-state index is 0.340. The third-order valence-corrected chi connectivity index (χ3v) is 3.92. The molecule has 2 rings (SSSR count). The van der Waals surface area contributed by atoms with Crippen LogP contribution in [0.25, 0.3) is 0 Å². The highest BCUT2D eigenvalue weighted by atomic mass is 16.5. The van der Waals surface area contributed by atoms with E-state index in [4.69, 9.17) is 4.74 Å². The van der Waals surface area contributed by atoms with Crippen molar-refractivity contribution in [2.24, 2.45) is 0 Å². The Labute approximate surface area is 117 Å². The highest BCUT2D eigenvalue weighted by Crippen LogP contribution is 2.27. The van der Waals surface area contributed by atoms with Gasteiger partial charge in [0.05, 0.1) is 12.1 Å². The lowest BCUT2D eigenvalue weighted by Crippen LogP contribution is -2.36. The molecule has 2 unspecified atom stereocenters. The van der Waals surface area contributed by atoms with Gasteiger partial charge < -0.3 is 10.1 Å². The van der Waals surface area contributed by atoms with Gasteiger partial charge in [0.15, 0.2) is 0 Å². The maximum absolute atomic E-state index is 6.00. The van der Waals surface area contributed by atoms with Gasteiger partial charge >= 0.3 is 0 Å². The summed E-state index contributed by atoms with van der Waals surface area (Å²) in [6.07, 6.45) is 6.29. The number of aryl methyl sites for hydroxylation is 1. The average molecular weight is 261 g/mol. The SMILES string of the molecule is CCCNC(c1cccc(CC)c1)C1CCCCO1. The van der Waals surface area contributed by atoms with Gasteiger partial charge in [-0.1, -0.05) is 38.1 Å². The Hall–Kier alpha value is -0.860. The zero-order valence-corrected chi connectivity index (χ0v) is 12.3. The fourth-order valence-electron chi connectivity index (χ4n) is 2.80. The van der Waals surface area contributed by atoms with Crippen LogP contribution in [-0.4, -0.2) is 19.3 Å². The molecule has 0 radical (unpaired) electrons. The monoisotopic (exact) mass is 261 g/mol. The minimum Gasteiger partial charge on any atom is -0.376 e. The fourth-order valence-corrected chi connectivity index (χ4v) is 2.80. The normalized spacial score (nSPS) is 21.3. The predicted molar refractivity (Wildman–Crippen MR) is 80.4 cm³/mol. The van der Waals surface area contributed by atoms with Crippen molar-refractivity contribution in [3.63, 3.8) is 0 Å². The first-order valence-electron chi connectivity index (χ1n) is 7.79. The molecule has 1 aromatic carbocycles. The molecule has 2 heteroatoms. The van der Waals surface area contributed by atoms with E-state index >= 15 is 0 Å². The van der Waals surface area contributed by atoms with E-state index in [2.05, 4.69) is 43.4 Å². The van der Waals surface area contributed by atoms with Crippen molar-refractivity contribution in [1.82, 2.24) is 5.32 Å². The Bertz CT molecular complexity index is 371. The van der Waals surface area contributed by atoms with Crippen LogP contribution >= 0.6 is 0 Å². The van der Waals surface area contributed by atoms with Gasteiger partial charge in [0, 0.05) is 6.61 Å². The smallest absolute Gasteiger partial charge is 0.0769 e. The first-order chi connectivity index (χ1) is 9.35. The molecule has 1 heterocycles. The van der Waals surface area contributed by atoms with E-state index in [0.717, 1.165) is 26.0 Å². The molecule has 0 aromatic heterocycles. The Morgan fingerprint density at radius 2 is 2.21 bits per heavy atom. The Balaban J connectivity index is 2.14. The first-order valence-corrected chi connectivity index (χ1v) is 7.79. The third-order valence-electron chi connectivity index (χ3n) is 3.92. The highest BCUT2D eigenvalue weighted by Gasteiger charge is 2.25. The zero-order chi connectivity index (χ0) is 13.5. The molecule has 1 saturated heterocycles. The van der Waals surface area contributed by atoms with Gasteiger partial charge in [0.2, 0.25) is 0 Å². The number of nitrogens with one attached hydrogen (secondary N) is 1. The summed E-state index contributed by atoms with van der Waals surface area (Å²) in [7, 11) is 0. The molecule has 0 bridgehead atoms. The molecule has 0 spiro atoms. The van der Waals surface area contributed by atoms with Crippen molar-refractivity contribution in [3.05, 3.63) is 35.4 Å². The summed E-state index contributed by atoms with van der Waals surface area (Å²) in [6, 6.07) is 9.32. The van der Waals surface area contributed by atoms with Crippen molar-refractivity contribution in [3.8, 4) is 0 Å². The summed E-state index contributed by atoms with van der Waals surface area (Å²) in [5.74, 6) is 0. The van der Waals surface area contributed by atoms with E-state index < -0.39 is 0 Å². The number of benzene rings is 1. The van der Waals surface area contributed by atoms with E-state index in [1.54, 1.807) is 0 Å². The molecule has 0 aliphatic carbocycles. The minimum absolute atomic E-state index is 0.340. The predicted octanol–water partition coefficient (Wildman–Crippen LogP) is 3.86. The quantitative estimate of drug-likeness (QED) is 0.839. The lowest BCUT2D eigenvalue weighted by molar-refractivity contribution is -0.00816. The van der Waals surface area contributed by atoms with Gasteiger partial charge in [0.25, 0.3) is 0 Å². The van der Waals surface area contributed by atoms with Crippen LogP contribution in [0.2, 0.25) is 0 Å². The second-order valence-corrected chi connectivity index (χ2v) is 5.44. The van der Waals surface area contributed by atoms with Gasteiger partial charge in [0.1, 0.15) is 0 Å². The third kappa shape index (κ3) is 4.05. The summed E-state index contributed by atoms with van der Waals surface area (Å²) < 4.78 is 6.00. The van der Waals surface area contributed by atoms with Crippen molar-refractivity contribution in [1.29, 1.82) is 0 Å². The van der Waals surface area contributed by atoms with Crippen LogP contribution in [0.4, 0.5) is 0 Å². The van der Waals surface area contributed by atoms with Crippen molar-refractivity contribution in [2.75, 3.05) is 13.2 Å². The van der Waals surface area contributed by atoms with Gasteiger partial charge in [-0.2, -0.15) is 0 Å². The van der Waals surface area contributed by atoms with Crippen molar-refractivity contribution in [2.45, 2.75) is 58.1 Å². The molecule has 0 saturated carbocycles. The van der Waals surface area contributed by atoms with Crippen LogP contribution in [0.1, 0.15) is 56.7 Å². The zero-order valence-electron chi connectivity index (χ0n) is 12.3. The summed E-state index contributed by atoms with van der Waals surface area (Å²) in [5.41, 5.74) is 2.80. The standard InChI is InChI=1S/C17H27NO/c1-3-11-18-17(16-10-5-6-12-19-16)15-9-7-8-14(4-2)13-15/h7-9,13,16-18H,3-6,10-12H2,1-2H3. The molecule has 2 nitrogen and oxygen atoms in total. The van der Waals surface area contributed by atoms with Gasteiger partial charge in [-0.3, -0.25) is 0 Å². The molecule has 1 aromatic rings. The Morgan fingerprint density at radius 1 is 1.32 bits per heavy atom. The lowest BCUT2D eigenvalue weighted by atomic mass is 9.94. The average Bonchev–Trinajstić information content (AvgIpc) is 2.49. The second-order valence-electron chi connectivity index (χ2n) is 5.44. The fraction of sp³-hybridized carbons (Fsp3) is 0.647. The molecule has 0 amide bonds. The van der Waals surface area contributed by atoms with Crippen LogP contribution < -0.4 is 5.32 Å². The van der Waals surface area contributed by atoms with E-state index in [0.29, 0.717) is 12.1 Å². The molecule has 19 heavy (non-hydrogen) atoms. The Kier molecular flexibility index (Phi) is 5.87. The molecule has 2 atom stereocenters. The molecule has 1 fully saturated rings. The van der Waals surface area contributed by atoms with E-state index in [-0.39, 0.29) is 0 Å².